The van der Waals surface area contributed by atoms with E-state index in [-0.39, 0.29) is 22.8 Å². The predicted molar refractivity (Wildman–Crippen MR) is 131 cm³/mol. The van der Waals surface area contributed by atoms with Crippen LogP contribution in [-0.2, 0) is 5.54 Å². The van der Waals surface area contributed by atoms with E-state index in [1.165, 1.54) is 0 Å². The third-order valence-corrected chi connectivity index (χ3v) is 7.00. The monoisotopic (exact) mass is 471 g/mol. The van der Waals surface area contributed by atoms with Crippen molar-refractivity contribution in [3.05, 3.63) is 72.4 Å². The summed E-state index contributed by atoms with van der Waals surface area (Å²) in [5, 5.41) is 17.8. The van der Waals surface area contributed by atoms with Crippen molar-refractivity contribution in [1.82, 2.24) is 4.90 Å². The molecule has 2 atom stereocenters. The highest BCUT2D eigenvalue weighted by Gasteiger charge is 2.44. The molecule has 1 aromatic heterocycles. The summed E-state index contributed by atoms with van der Waals surface area (Å²) in [6.07, 6.45) is -0.910. The van der Waals surface area contributed by atoms with Gasteiger partial charge < -0.3 is 20.2 Å². The van der Waals surface area contributed by atoms with E-state index in [0.717, 1.165) is 11.3 Å². The molecule has 3 N–H and O–H groups in total. The smallest absolute Gasteiger partial charge is 0.253 e. The second-order valence-electron chi connectivity index (χ2n) is 10.4. The summed E-state index contributed by atoms with van der Waals surface area (Å²) in [6, 6.07) is 6.86. The van der Waals surface area contributed by atoms with Gasteiger partial charge in [-0.1, -0.05) is 32.4 Å². The van der Waals surface area contributed by atoms with Crippen LogP contribution in [0.3, 0.4) is 0 Å². The van der Waals surface area contributed by atoms with Crippen LogP contribution in [0.1, 0.15) is 69.5 Å². The van der Waals surface area contributed by atoms with Gasteiger partial charge in [-0.15, -0.1) is 0 Å². The minimum atomic E-state index is -0.910. The van der Waals surface area contributed by atoms with E-state index >= 15 is 0 Å². The number of aliphatic hydroxyl groups excluding tert-OH is 1. The fourth-order valence-electron chi connectivity index (χ4n) is 4.52. The number of hydrogen-bond donors (Lipinski definition) is 3. The maximum absolute atomic E-state index is 12.6. The lowest BCUT2D eigenvalue weighted by molar-refractivity contribution is -0.0176. The highest BCUT2D eigenvalue weighted by Crippen LogP contribution is 2.50. The van der Waals surface area contributed by atoms with Crippen molar-refractivity contribution >= 4 is 28.7 Å². The Hall–Kier alpha value is -2.61. The Morgan fingerprint density at radius 3 is 2.33 bits per heavy atom. The topological polar surface area (TPSA) is 94.8 Å². The van der Waals surface area contributed by atoms with Gasteiger partial charge in [-0.05, 0) is 63.1 Å². The van der Waals surface area contributed by atoms with Gasteiger partial charge in [0.05, 0.1) is 6.04 Å². The highest BCUT2D eigenvalue weighted by molar-refractivity contribution is 6.31. The first kappa shape index (κ1) is 23.5. The molecule has 7 nitrogen and oxygen atoms in total. The summed E-state index contributed by atoms with van der Waals surface area (Å²) in [5.74, 6) is 1.45. The standard InChI is InChI=1S/C25H30ClN3O4/c1-12-8-11-15(33-12)22(24(2,3)4)28-19-18(20(30)21(19)31)27-14-10-9-13(26)17-16(14)23(32)29(7)25(17,5)6/h8-11,22-23,27-28,32H,1-7H3/t22-,23?/m0/s1. The first-order chi connectivity index (χ1) is 15.2. The van der Waals surface area contributed by atoms with Gasteiger partial charge in [-0.25, -0.2) is 0 Å². The van der Waals surface area contributed by atoms with Crippen molar-refractivity contribution in [2.45, 2.75) is 59.4 Å². The molecule has 0 aliphatic carbocycles. The quantitative estimate of drug-likeness (QED) is 0.453. The number of nitrogens with one attached hydrogen (secondary N) is 2. The van der Waals surface area contributed by atoms with Crippen LogP contribution in [0, 0.1) is 12.3 Å². The van der Waals surface area contributed by atoms with Gasteiger partial charge in [0.1, 0.15) is 29.1 Å². The van der Waals surface area contributed by atoms with Gasteiger partial charge in [-0.3, -0.25) is 14.5 Å². The number of halogens is 1. The fraction of sp³-hybridized carbons (Fsp3) is 0.440. The normalized spacial score (nSPS) is 19.0. The van der Waals surface area contributed by atoms with Crippen LogP contribution >= 0.6 is 11.6 Å². The van der Waals surface area contributed by atoms with Crippen LogP contribution < -0.4 is 21.5 Å². The molecule has 0 amide bonds. The molecule has 1 aliphatic heterocycles. The average Bonchev–Trinajstić information content (AvgIpc) is 3.23. The minimum absolute atomic E-state index is 0.168. The number of nitrogens with zero attached hydrogens (tertiary/aromatic N) is 1. The lowest BCUT2D eigenvalue weighted by Crippen LogP contribution is -2.39. The predicted octanol–water partition coefficient (Wildman–Crippen LogP) is 4.95. The van der Waals surface area contributed by atoms with Gasteiger partial charge in [0.2, 0.25) is 0 Å². The minimum Gasteiger partial charge on any atom is -0.464 e. The molecule has 0 radical (unpaired) electrons. The van der Waals surface area contributed by atoms with Crippen molar-refractivity contribution in [3.8, 4) is 0 Å². The molecule has 1 unspecified atom stereocenters. The Morgan fingerprint density at radius 2 is 1.76 bits per heavy atom. The molecule has 2 aromatic carbocycles. The Balaban J connectivity index is 1.74. The molecule has 0 saturated carbocycles. The number of aliphatic hydroxyl groups is 1. The van der Waals surface area contributed by atoms with Gasteiger partial charge in [0.25, 0.3) is 10.9 Å². The third kappa shape index (κ3) is 3.68. The second kappa shape index (κ2) is 7.72. The molecule has 4 rings (SSSR count). The summed E-state index contributed by atoms with van der Waals surface area (Å²) in [7, 11) is 1.81. The van der Waals surface area contributed by atoms with Crippen LogP contribution in [0.15, 0.2) is 38.3 Å². The summed E-state index contributed by atoms with van der Waals surface area (Å²) >= 11 is 6.49. The number of aryl methyl sites for hydroxylation is 1. The molecule has 0 bridgehead atoms. The summed E-state index contributed by atoms with van der Waals surface area (Å²) in [4.78, 5) is 26.9. The zero-order valence-corrected chi connectivity index (χ0v) is 20.7. The molecular formula is C25H30ClN3O4. The van der Waals surface area contributed by atoms with Crippen molar-refractivity contribution in [1.29, 1.82) is 0 Å². The third-order valence-electron chi connectivity index (χ3n) is 6.68. The molecule has 176 valence electrons. The average molecular weight is 472 g/mol. The Labute approximate surface area is 198 Å². The van der Waals surface area contributed by atoms with Crippen LogP contribution in [0.2, 0.25) is 5.02 Å². The number of fused-ring (bicyclic) bond motifs is 1. The number of benzene rings is 1. The number of anilines is 3. The molecule has 3 aromatic rings. The van der Waals surface area contributed by atoms with Crippen molar-refractivity contribution in [2.24, 2.45) is 5.41 Å². The van der Waals surface area contributed by atoms with E-state index in [0.29, 0.717) is 22.0 Å². The van der Waals surface area contributed by atoms with Gasteiger partial charge in [0.15, 0.2) is 0 Å². The van der Waals surface area contributed by atoms with Crippen LogP contribution in [0.25, 0.3) is 0 Å². The first-order valence-corrected chi connectivity index (χ1v) is 11.3. The zero-order valence-electron chi connectivity index (χ0n) is 20.0. The molecule has 2 heterocycles. The molecule has 0 spiro atoms. The van der Waals surface area contributed by atoms with Crippen LogP contribution in [0.4, 0.5) is 17.1 Å². The van der Waals surface area contributed by atoms with E-state index in [4.69, 9.17) is 16.0 Å². The maximum Gasteiger partial charge on any atom is 0.253 e. The van der Waals surface area contributed by atoms with Gasteiger partial charge in [-0.2, -0.15) is 0 Å². The molecule has 0 fully saturated rings. The molecule has 1 aliphatic rings. The van der Waals surface area contributed by atoms with Crippen molar-refractivity contribution in [2.75, 3.05) is 17.7 Å². The van der Waals surface area contributed by atoms with Crippen LogP contribution in [-0.4, -0.2) is 17.1 Å². The Kier molecular flexibility index (Phi) is 5.51. The lowest BCUT2D eigenvalue weighted by atomic mass is 9.84. The Bertz CT molecular complexity index is 1290. The molecule has 8 heteroatoms. The first-order valence-electron chi connectivity index (χ1n) is 10.9. The van der Waals surface area contributed by atoms with Crippen LogP contribution in [0.5, 0.6) is 0 Å². The fourth-order valence-corrected chi connectivity index (χ4v) is 4.91. The number of furan rings is 1. The lowest BCUT2D eigenvalue weighted by Gasteiger charge is -2.31. The second-order valence-corrected chi connectivity index (χ2v) is 10.8. The van der Waals surface area contributed by atoms with E-state index < -0.39 is 22.6 Å². The van der Waals surface area contributed by atoms with E-state index in [1.807, 2.05) is 65.6 Å². The maximum atomic E-state index is 12.6. The van der Waals surface area contributed by atoms with Gasteiger partial charge in [0, 0.05) is 21.8 Å². The molecular weight excluding hydrogens is 442 g/mol. The molecule has 0 saturated heterocycles. The van der Waals surface area contributed by atoms with Crippen molar-refractivity contribution in [3.63, 3.8) is 0 Å². The molecule has 33 heavy (non-hydrogen) atoms. The van der Waals surface area contributed by atoms with Gasteiger partial charge >= 0.3 is 0 Å². The SMILES string of the molecule is Cc1ccc([C@H](Nc2c(Nc3ccc(Cl)c4c3C(O)N(C)C4(C)C)c(=O)c2=O)C(C)(C)C)o1. The zero-order chi connectivity index (χ0) is 24.5. The van der Waals surface area contributed by atoms with Crippen molar-refractivity contribution < 1.29 is 9.52 Å². The number of rotatable bonds is 5. The van der Waals surface area contributed by atoms with E-state index in [1.54, 1.807) is 12.1 Å². The summed E-state index contributed by atoms with van der Waals surface area (Å²) in [5.41, 5.74) is 0.302. The summed E-state index contributed by atoms with van der Waals surface area (Å²) in [6.45, 7) is 11.9. The van der Waals surface area contributed by atoms with E-state index in [9.17, 15) is 14.7 Å². The number of hydrogen-bond acceptors (Lipinski definition) is 7. The highest BCUT2D eigenvalue weighted by atomic mass is 35.5. The summed E-state index contributed by atoms with van der Waals surface area (Å²) < 4.78 is 5.82. The largest absolute Gasteiger partial charge is 0.464 e. The van der Waals surface area contributed by atoms with E-state index in [2.05, 4.69) is 10.6 Å². The Morgan fingerprint density at radius 1 is 1.12 bits per heavy atom.